The van der Waals surface area contributed by atoms with Crippen LogP contribution in [0.3, 0.4) is 0 Å². The van der Waals surface area contributed by atoms with Crippen LogP contribution in [-0.4, -0.2) is 52.7 Å². The Bertz CT molecular complexity index is 707. The topological polar surface area (TPSA) is 66.9 Å². The molecule has 0 aliphatic carbocycles. The maximum absolute atomic E-state index is 12.3. The summed E-state index contributed by atoms with van der Waals surface area (Å²) in [5, 5.41) is 0.490. The molecular weight excluding hydrogens is 364 g/mol. The summed E-state index contributed by atoms with van der Waals surface area (Å²) in [6, 6.07) is 3.24. The summed E-state index contributed by atoms with van der Waals surface area (Å²) >= 11 is 6.09. The van der Waals surface area contributed by atoms with Crippen LogP contribution in [0.25, 0.3) is 0 Å². The first kappa shape index (κ1) is 21.6. The number of anilines is 1. The Morgan fingerprint density at radius 2 is 1.92 bits per heavy atom. The molecule has 1 aromatic rings. The van der Waals surface area contributed by atoms with Gasteiger partial charge in [-0.05, 0) is 25.0 Å². The van der Waals surface area contributed by atoms with Gasteiger partial charge in [0.1, 0.15) is 5.75 Å². The van der Waals surface area contributed by atoms with Crippen LogP contribution < -0.4 is 9.04 Å². The normalized spacial score (nSPS) is 11.3. The molecule has 142 valence electrons. The zero-order chi connectivity index (χ0) is 19.2. The molecule has 25 heavy (non-hydrogen) atoms. The fraction of sp³-hybridized carbons (Fsp3) is 0.588. The third-order valence-corrected chi connectivity index (χ3v) is 5.52. The Balaban J connectivity index is 3.05. The van der Waals surface area contributed by atoms with E-state index in [1.165, 1.54) is 11.4 Å². The van der Waals surface area contributed by atoms with Gasteiger partial charge < -0.3 is 9.64 Å². The summed E-state index contributed by atoms with van der Waals surface area (Å²) in [6.07, 6.45) is 3.12. The van der Waals surface area contributed by atoms with Crippen LogP contribution in [0, 0.1) is 6.92 Å². The second kappa shape index (κ2) is 9.29. The van der Waals surface area contributed by atoms with Crippen molar-refractivity contribution in [3.05, 3.63) is 22.7 Å². The lowest BCUT2D eigenvalue weighted by molar-refractivity contribution is -0.129. The summed E-state index contributed by atoms with van der Waals surface area (Å²) in [5.41, 5.74) is 1.12. The van der Waals surface area contributed by atoms with Crippen LogP contribution in [0.5, 0.6) is 5.75 Å². The molecule has 0 saturated carbocycles. The molecule has 1 rings (SSSR count). The second-order valence-electron chi connectivity index (χ2n) is 6.03. The fourth-order valence-corrected chi connectivity index (χ4v) is 3.46. The molecule has 0 unspecified atom stereocenters. The highest BCUT2D eigenvalue weighted by Gasteiger charge is 2.23. The minimum absolute atomic E-state index is 0.0472. The molecule has 0 aliphatic rings. The number of halogens is 1. The predicted octanol–water partition coefficient (Wildman–Crippen LogP) is 3.07. The Hall–Kier alpha value is -1.47. The molecule has 0 bridgehead atoms. The third-order valence-electron chi connectivity index (χ3n) is 3.93. The zero-order valence-electron chi connectivity index (χ0n) is 15.5. The highest BCUT2D eigenvalue weighted by Crippen LogP contribution is 2.35. The number of amides is 1. The monoisotopic (exact) mass is 390 g/mol. The number of carbonyl (C=O) groups is 1. The Kier molecular flexibility index (Phi) is 8.02. The lowest BCUT2D eigenvalue weighted by Crippen LogP contribution is -2.36. The van der Waals surface area contributed by atoms with Crippen LogP contribution in [-0.2, 0) is 14.8 Å². The van der Waals surface area contributed by atoms with Crippen molar-refractivity contribution in [2.24, 2.45) is 0 Å². The molecule has 0 saturated heterocycles. The number of hydrogen-bond acceptors (Lipinski definition) is 4. The van der Waals surface area contributed by atoms with Crippen LogP contribution in [0.1, 0.15) is 31.7 Å². The Morgan fingerprint density at radius 1 is 1.28 bits per heavy atom. The number of sulfonamides is 1. The molecular formula is C17H27ClN2O4S. The number of ether oxygens (including phenoxy) is 1. The zero-order valence-corrected chi connectivity index (χ0v) is 17.1. The molecule has 0 aromatic heterocycles. The number of carbonyl (C=O) groups excluding carboxylic acids is 1. The van der Waals surface area contributed by atoms with E-state index >= 15 is 0 Å². The smallest absolute Gasteiger partial charge is 0.232 e. The number of aryl methyl sites for hydroxylation is 1. The largest absolute Gasteiger partial charge is 0.494 e. The minimum atomic E-state index is -3.58. The molecule has 1 aromatic carbocycles. The Morgan fingerprint density at radius 3 is 2.44 bits per heavy atom. The highest BCUT2D eigenvalue weighted by atomic mass is 35.5. The van der Waals surface area contributed by atoms with Crippen molar-refractivity contribution in [1.29, 1.82) is 0 Å². The number of benzene rings is 1. The van der Waals surface area contributed by atoms with Gasteiger partial charge in [0.05, 0.1) is 19.1 Å². The summed E-state index contributed by atoms with van der Waals surface area (Å²) in [6.45, 7) is 4.55. The molecule has 0 aliphatic heterocycles. The van der Waals surface area contributed by atoms with Gasteiger partial charge in [0, 0.05) is 37.6 Å². The average Bonchev–Trinajstić information content (AvgIpc) is 2.54. The standard InChI is InChI=1S/C17H27ClN2O4S/c1-6-7-9-19(3)17(21)8-10-20(25(5,22)23)15-11-13(2)14(18)12-16(15)24-4/h11-12H,6-10H2,1-5H3. The molecule has 0 fully saturated rings. The van der Waals surface area contributed by atoms with E-state index in [4.69, 9.17) is 16.3 Å². The van der Waals surface area contributed by atoms with Crippen LogP contribution in [0.2, 0.25) is 5.02 Å². The minimum Gasteiger partial charge on any atom is -0.494 e. The highest BCUT2D eigenvalue weighted by molar-refractivity contribution is 7.92. The second-order valence-corrected chi connectivity index (χ2v) is 8.34. The van der Waals surface area contributed by atoms with Gasteiger partial charge >= 0.3 is 0 Å². The van der Waals surface area contributed by atoms with Crippen molar-refractivity contribution in [3.63, 3.8) is 0 Å². The molecule has 0 N–H and O–H groups in total. The van der Waals surface area contributed by atoms with E-state index in [9.17, 15) is 13.2 Å². The molecule has 8 heteroatoms. The van der Waals surface area contributed by atoms with Crippen molar-refractivity contribution in [2.45, 2.75) is 33.1 Å². The number of nitrogens with zero attached hydrogens (tertiary/aromatic N) is 2. The van der Waals surface area contributed by atoms with Crippen molar-refractivity contribution in [3.8, 4) is 5.75 Å². The number of unbranched alkanes of at least 4 members (excludes halogenated alkanes) is 1. The van der Waals surface area contributed by atoms with Gasteiger partial charge in [0.15, 0.2) is 0 Å². The third kappa shape index (κ3) is 6.08. The number of methoxy groups -OCH3 is 1. The molecule has 6 nitrogen and oxygen atoms in total. The maximum atomic E-state index is 12.3. The summed E-state index contributed by atoms with van der Waals surface area (Å²) < 4.78 is 31.0. The first-order valence-corrected chi connectivity index (χ1v) is 10.4. The van der Waals surface area contributed by atoms with Gasteiger partial charge in [-0.15, -0.1) is 0 Å². The quantitative estimate of drug-likeness (QED) is 0.649. The van der Waals surface area contributed by atoms with Crippen molar-refractivity contribution >= 4 is 33.2 Å². The van der Waals surface area contributed by atoms with Crippen molar-refractivity contribution in [1.82, 2.24) is 4.90 Å². The fourth-order valence-electron chi connectivity index (χ4n) is 2.38. The van der Waals surface area contributed by atoms with Gasteiger partial charge in [-0.25, -0.2) is 8.42 Å². The lowest BCUT2D eigenvalue weighted by atomic mass is 10.2. The number of hydrogen-bond donors (Lipinski definition) is 0. The molecule has 0 spiro atoms. The molecule has 0 atom stereocenters. The summed E-state index contributed by atoms with van der Waals surface area (Å²) in [5.74, 6) is 0.263. The van der Waals surface area contributed by atoms with E-state index in [-0.39, 0.29) is 18.9 Å². The van der Waals surface area contributed by atoms with E-state index in [1.807, 2.05) is 0 Å². The van der Waals surface area contributed by atoms with E-state index < -0.39 is 10.0 Å². The Labute approximate surface area is 155 Å². The molecule has 1 amide bonds. The van der Waals surface area contributed by atoms with Gasteiger partial charge in [-0.2, -0.15) is 0 Å². The summed E-state index contributed by atoms with van der Waals surface area (Å²) in [4.78, 5) is 13.9. The average molecular weight is 391 g/mol. The SMILES string of the molecule is CCCCN(C)C(=O)CCN(c1cc(C)c(Cl)cc1OC)S(C)(=O)=O. The predicted molar refractivity (Wildman–Crippen MR) is 102 cm³/mol. The maximum Gasteiger partial charge on any atom is 0.232 e. The van der Waals surface area contributed by atoms with Crippen LogP contribution in [0.15, 0.2) is 12.1 Å². The first-order chi connectivity index (χ1) is 11.6. The van der Waals surface area contributed by atoms with E-state index in [0.717, 1.165) is 24.7 Å². The van der Waals surface area contributed by atoms with Gasteiger partial charge in [0.2, 0.25) is 15.9 Å². The van der Waals surface area contributed by atoms with E-state index in [0.29, 0.717) is 23.0 Å². The van der Waals surface area contributed by atoms with Crippen LogP contribution >= 0.6 is 11.6 Å². The van der Waals surface area contributed by atoms with Crippen LogP contribution in [0.4, 0.5) is 5.69 Å². The van der Waals surface area contributed by atoms with Crippen molar-refractivity contribution < 1.29 is 17.9 Å². The van der Waals surface area contributed by atoms with E-state index in [1.54, 1.807) is 31.0 Å². The van der Waals surface area contributed by atoms with Crippen molar-refractivity contribution in [2.75, 3.05) is 37.8 Å². The van der Waals surface area contributed by atoms with Gasteiger partial charge in [-0.1, -0.05) is 24.9 Å². The lowest BCUT2D eigenvalue weighted by Gasteiger charge is -2.26. The van der Waals surface area contributed by atoms with E-state index in [2.05, 4.69) is 6.92 Å². The van der Waals surface area contributed by atoms with Gasteiger partial charge in [0.25, 0.3) is 0 Å². The number of rotatable bonds is 9. The molecule has 0 radical (unpaired) electrons. The summed E-state index contributed by atoms with van der Waals surface area (Å²) in [7, 11) is -0.394. The van der Waals surface area contributed by atoms with Gasteiger partial charge in [-0.3, -0.25) is 9.10 Å². The molecule has 0 heterocycles. The first-order valence-electron chi connectivity index (χ1n) is 8.17.